The monoisotopic (exact) mass is 325 g/mol. The van der Waals surface area contributed by atoms with Gasteiger partial charge in [-0.15, -0.1) is 0 Å². The van der Waals surface area contributed by atoms with Crippen molar-refractivity contribution in [1.29, 1.82) is 0 Å². The van der Waals surface area contributed by atoms with Crippen molar-refractivity contribution in [3.63, 3.8) is 0 Å². The molecule has 0 unspecified atom stereocenters. The molecule has 0 aromatic heterocycles. The van der Waals surface area contributed by atoms with Crippen LogP contribution < -0.4 is 0 Å². The summed E-state index contributed by atoms with van der Waals surface area (Å²) in [5.74, 6) is -0.762. The second-order valence-electron chi connectivity index (χ2n) is 6.42. The Bertz CT molecular complexity index is 752. The summed E-state index contributed by atoms with van der Waals surface area (Å²) in [4.78, 5) is 35.3. The summed E-state index contributed by atoms with van der Waals surface area (Å²) < 4.78 is 0. The van der Waals surface area contributed by atoms with Gasteiger partial charge in [0.15, 0.2) is 0 Å². The molecule has 4 atom stereocenters. The first kappa shape index (κ1) is 14.7. The minimum Gasteiger partial charge on any atom is -0.272 e. The Morgan fingerprint density at radius 3 is 2.04 bits per heavy atom. The molecule has 1 aromatic carbocycles. The molecule has 24 heavy (non-hydrogen) atoms. The van der Waals surface area contributed by atoms with Crippen molar-refractivity contribution in [2.45, 2.75) is 12.8 Å². The van der Waals surface area contributed by atoms with Crippen molar-refractivity contribution >= 4 is 23.7 Å². The Balaban J connectivity index is 1.56. The number of carbonyl (C=O) groups is 2. The average molecular weight is 325 g/mol. The number of allylic oxidation sites excluding steroid dienone is 2. The van der Waals surface area contributed by atoms with Crippen molar-refractivity contribution in [3.8, 4) is 0 Å². The first-order chi connectivity index (χ1) is 11.6. The number of amides is 2. The van der Waals surface area contributed by atoms with Crippen molar-refractivity contribution in [2.24, 2.45) is 28.8 Å². The van der Waals surface area contributed by atoms with Crippen LogP contribution in [-0.2, 0) is 9.59 Å². The molecule has 7 heteroatoms. The Hall–Kier alpha value is -2.83. The summed E-state index contributed by atoms with van der Waals surface area (Å²) >= 11 is 0. The molecule has 122 valence electrons. The van der Waals surface area contributed by atoms with E-state index in [0.717, 1.165) is 17.9 Å². The Kier molecular flexibility index (Phi) is 3.30. The van der Waals surface area contributed by atoms with E-state index < -0.39 is 4.92 Å². The fraction of sp³-hybridized carbons (Fsp3) is 0.353. The van der Waals surface area contributed by atoms with Gasteiger partial charge in [-0.2, -0.15) is 10.1 Å². The van der Waals surface area contributed by atoms with Crippen LogP contribution in [0.3, 0.4) is 0 Å². The fourth-order valence-corrected chi connectivity index (χ4v) is 3.98. The van der Waals surface area contributed by atoms with Gasteiger partial charge in [-0.25, -0.2) is 0 Å². The van der Waals surface area contributed by atoms with Crippen molar-refractivity contribution in [2.75, 3.05) is 0 Å². The van der Waals surface area contributed by atoms with Crippen LogP contribution in [0, 0.1) is 33.8 Å². The highest BCUT2D eigenvalue weighted by atomic mass is 16.6. The number of fused-ring (bicyclic) bond motifs is 1. The van der Waals surface area contributed by atoms with Crippen LogP contribution in [0.4, 0.5) is 5.69 Å². The zero-order chi connectivity index (χ0) is 16.8. The Morgan fingerprint density at radius 2 is 1.58 bits per heavy atom. The summed E-state index contributed by atoms with van der Waals surface area (Å²) in [5, 5.41) is 15.7. The summed E-state index contributed by atoms with van der Waals surface area (Å²) in [6, 6.07) is 5.79. The highest BCUT2D eigenvalue weighted by Gasteiger charge is 2.56. The molecule has 1 aliphatic heterocycles. The minimum absolute atomic E-state index is 0.0193. The van der Waals surface area contributed by atoms with Gasteiger partial charge in [0.05, 0.1) is 23.0 Å². The molecular weight excluding hydrogens is 310 g/mol. The lowest BCUT2D eigenvalue weighted by Crippen LogP contribution is -2.38. The number of carbonyl (C=O) groups excluding carboxylic acids is 2. The molecule has 0 spiro atoms. The second kappa shape index (κ2) is 5.36. The van der Waals surface area contributed by atoms with Crippen LogP contribution in [0.2, 0.25) is 0 Å². The van der Waals surface area contributed by atoms with Crippen LogP contribution in [0.25, 0.3) is 0 Å². The molecule has 1 aromatic rings. The van der Waals surface area contributed by atoms with E-state index in [-0.39, 0.29) is 41.2 Å². The van der Waals surface area contributed by atoms with E-state index in [0.29, 0.717) is 5.56 Å². The standard InChI is InChI=1S/C17H15N3O4/c21-16-14-11-3-4-12(6-5-11)15(14)17(22)19(16)18-9-10-1-7-13(8-2-10)20(23)24/h1-4,7-9,11-12,14-15H,5-6H2/b18-9-/t11-,12+,14-,15-/m0/s1. The molecule has 2 bridgehead atoms. The predicted molar refractivity (Wildman–Crippen MR) is 84.9 cm³/mol. The third-order valence-electron chi connectivity index (χ3n) is 5.16. The van der Waals surface area contributed by atoms with E-state index in [4.69, 9.17) is 0 Å². The second-order valence-corrected chi connectivity index (χ2v) is 6.42. The summed E-state index contributed by atoms with van der Waals surface area (Å²) in [5.41, 5.74) is 0.575. The van der Waals surface area contributed by atoms with Crippen molar-refractivity contribution < 1.29 is 14.5 Å². The molecule has 3 aliphatic carbocycles. The molecule has 2 amide bonds. The van der Waals surface area contributed by atoms with Gasteiger partial charge in [0, 0.05) is 12.1 Å². The average Bonchev–Trinajstić information content (AvgIpc) is 2.87. The van der Waals surface area contributed by atoms with E-state index in [1.54, 1.807) is 0 Å². The van der Waals surface area contributed by atoms with Gasteiger partial charge in [-0.05, 0) is 42.4 Å². The Morgan fingerprint density at radius 1 is 1.04 bits per heavy atom. The SMILES string of the molecule is O=C1[C@@H]2[C@@H](C(=O)N1/N=C\c1ccc([N+](=O)[O-])cc1)[C@H]1C=C[C@@H]2CC1. The van der Waals surface area contributed by atoms with E-state index in [2.05, 4.69) is 17.3 Å². The highest BCUT2D eigenvalue weighted by Crippen LogP contribution is 2.49. The van der Waals surface area contributed by atoms with Crippen LogP contribution in [-0.4, -0.2) is 28.0 Å². The number of non-ortho nitro benzene ring substituents is 1. The van der Waals surface area contributed by atoms with Gasteiger partial charge in [-0.3, -0.25) is 19.7 Å². The first-order valence-electron chi connectivity index (χ1n) is 7.91. The predicted octanol–water partition coefficient (Wildman–Crippen LogP) is 2.13. The molecule has 4 aliphatic rings. The lowest BCUT2D eigenvalue weighted by molar-refractivity contribution is -0.384. The quantitative estimate of drug-likeness (QED) is 0.280. The van der Waals surface area contributed by atoms with E-state index in [9.17, 15) is 19.7 Å². The zero-order valence-corrected chi connectivity index (χ0v) is 12.7. The van der Waals surface area contributed by atoms with Gasteiger partial charge in [0.2, 0.25) is 0 Å². The number of nitrogens with zero attached hydrogens (tertiary/aromatic N) is 3. The van der Waals surface area contributed by atoms with Crippen LogP contribution in [0.5, 0.6) is 0 Å². The number of hydrogen-bond acceptors (Lipinski definition) is 5. The topological polar surface area (TPSA) is 92.9 Å². The number of benzene rings is 1. The molecule has 1 saturated heterocycles. The van der Waals surface area contributed by atoms with Crippen LogP contribution in [0.15, 0.2) is 41.5 Å². The highest BCUT2D eigenvalue weighted by molar-refractivity contribution is 6.06. The molecular formula is C17H15N3O4. The minimum atomic E-state index is -0.484. The van der Waals surface area contributed by atoms with E-state index in [1.807, 2.05) is 0 Å². The largest absolute Gasteiger partial charge is 0.272 e. The maximum Gasteiger partial charge on any atom is 0.269 e. The van der Waals surface area contributed by atoms with Gasteiger partial charge in [-0.1, -0.05) is 12.2 Å². The first-order valence-corrected chi connectivity index (χ1v) is 7.91. The molecule has 7 nitrogen and oxygen atoms in total. The van der Waals surface area contributed by atoms with E-state index in [1.165, 1.54) is 30.5 Å². The van der Waals surface area contributed by atoms with Crippen LogP contribution >= 0.6 is 0 Å². The number of rotatable bonds is 3. The number of imide groups is 1. The van der Waals surface area contributed by atoms with E-state index >= 15 is 0 Å². The van der Waals surface area contributed by atoms with Crippen molar-refractivity contribution in [3.05, 3.63) is 52.1 Å². The molecule has 1 saturated carbocycles. The normalized spacial score (nSPS) is 31.1. The van der Waals surface area contributed by atoms with Crippen LogP contribution in [0.1, 0.15) is 18.4 Å². The van der Waals surface area contributed by atoms with Gasteiger partial charge >= 0.3 is 0 Å². The number of nitro groups is 1. The number of hydrazone groups is 1. The van der Waals surface area contributed by atoms with Gasteiger partial charge in [0.25, 0.3) is 17.5 Å². The maximum atomic E-state index is 12.6. The van der Waals surface area contributed by atoms with Crippen molar-refractivity contribution in [1.82, 2.24) is 5.01 Å². The third-order valence-corrected chi connectivity index (χ3v) is 5.16. The molecule has 0 radical (unpaired) electrons. The molecule has 0 N–H and O–H groups in total. The molecule has 2 fully saturated rings. The number of nitro benzene ring substituents is 1. The zero-order valence-electron chi connectivity index (χ0n) is 12.7. The lowest BCUT2D eigenvalue weighted by Gasteiger charge is -2.37. The third kappa shape index (κ3) is 2.16. The van der Waals surface area contributed by atoms with Gasteiger partial charge < -0.3 is 0 Å². The summed E-state index contributed by atoms with van der Waals surface area (Å²) in [6.45, 7) is 0. The summed E-state index contributed by atoms with van der Waals surface area (Å²) in [7, 11) is 0. The summed E-state index contributed by atoms with van der Waals surface area (Å²) in [6.07, 6.45) is 7.41. The fourth-order valence-electron chi connectivity index (χ4n) is 3.98. The molecule has 5 rings (SSSR count). The molecule has 1 heterocycles. The number of hydrogen-bond donors (Lipinski definition) is 0. The van der Waals surface area contributed by atoms with Gasteiger partial charge in [0.1, 0.15) is 0 Å². The smallest absolute Gasteiger partial charge is 0.269 e. The Labute approximate surface area is 137 Å². The lowest BCUT2D eigenvalue weighted by atomic mass is 9.63. The maximum absolute atomic E-state index is 12.6.